The molecule has 2 aromatic heterocycles. The number of aromatic amines is 2. The SMILES string of the molecule is Cc1cn([C@H]2C[C@](O)(P(=O)(O)OP(=O)(O)[C@@]3(O)C[C@H](n4cc(C)c(=O)[nH]c4=O)O[C@@H]3CO)[C@@H](CO)O2)c(=O)[nH]c1=O. The molecule has 0 aliphatic carbocycles. The molecule has 2 fully saturated rings. The summed E-state index contributed by atoms with van der Waals surface area (Å²) in [5.41, 5.74) is -3.49. The number of aromatic nitrogens is 4. The zero-order chi connectivity index (χ0) is 30.7. The van der Waals surface area contributed by atoms with E-state index in [2.05, 4.69) is 4.31 Å². The number of nitrogens with one attached hydrogen (secondary N) is 2. The number of hydrogen-bond donors (Lipinski definition) is 8. The third-order valence-electron chi connectivity index (χ3n) is 7.07. The molecular formula is C20H28N4O15P2. The Morgan fingerprint density at radius 1 is 0.829 bits per heavy atom. The first-order valence-corrected chi connectivity index (χ1v) is 15.0. The van der Waals surface area contributed by atoms with Crippen LogP contribution in [0.15, 0.2) is 31.6 Å². The number of aryl methyl sites for hydroxylation is 2. The maximum atomic E-state index is 13.4. The molecule has 0 spiro atoms. The average molecular weight is 626 g/mol. The normalized spacial score (nSPS) is 33.0. The minimum absolute atomic E-state index is 0.0253. The molecule has 0 radical (unpaired) electrons. The van der Waals surface area contributed by atoms with Crippen molar-refractivity contribution < 1.29 is 53.1 Å². The Balaban J connectivity index is 1.66. The lowest BCUT2D eigenvalue weighted by atomic mass is 10.2. The van der Waals surface area contributed by atoms with Crippen molar-refractivity contribution in [2.45, 2.75) is 62.0 Å². The highest BCUT2D eigenvalue weighted by Crippen LogP contribution is 2.74. The average Bonchev–Trinajstić information content (AvgIpc) is 3.41. The number of aliphatic hydroxyl groups excluding tert-OH is 2. The van der Waals surface area contributed by atoms with Crippen LogP contribution in [0.1, 0.15) is 36.4 Å². The van der Waals surface area contributed by atoms with Crippen LogP contribution < -0.4 is 22.5 Å². The van der Waals surface area contributed by atoms with Gasteiger partial charge in [0.1, 0.15) is 24.7 Å². The molecule has 21 heteroatoms. The van der Waals surface area contributed by atoms with E-state index in [1.807, 2.05) is 9.97 Å². The first-order valence-electron chi connectivity index (χ1n) is 11.9. The lowest BCUT2D eigenvalue weighted by Gasteiger charge is -2.36. The third kappa shape index (κ3) is 5.17. The van der Waals surface area contributed by atoms with E-state index in [0.29, 0.717) is 0 Å². The van der Waals surface area contributed by atoms with Crippen molar-refractivity contribution in [3.05, 3.63) is 65.2 Å². The van der Waals surface area contributed by atoms with Crippen LogP contribution in [0.3, 0.4) is 0 Å². The van der Waals surface area contributed by atoms with Crippen molar-refractivity contribution in [2.24, 2.45) is 0 Å². The van der Waals surface area contributed by atoms with Gasteiger partial charge in [-0.2, -0.15) is 0 Å². The van der Waals surface area contributed by atoms with Gasteiger partial charge in [-0.05, 0) is 13.8 Å². The molecule has 4 rings (SSSR count). The second kappa shape index (κ2) is 10.6. The van der Waals surface area contributed by atoms with Crippen molar-refractivity contribution in [3.8, 4) is 0 Å². The van der Waals surface area contributed by atoms with Crippen molar-refractivity contribution in [1.82, 2.24) is 19.1 Å². The number of nitrogens with zero attached hydrogens (tertiary/aromatic N) is 2. The topological polar surface area (TPSA) is 293 Å². The fourth-order valence-corrected chi connectivity index (χ4v) is 8.78. The van der Waals surface area contributed by atoms with Gasteiger partial charge in [0.05, 0.1) is 13.2 Å². The predicted octanol–water partition coefficient (Wildman–Crippen LogP) is -2.97. The zero-order valence-corrected chi connectivity index (χ0v) is 23.2. The molecule has 0 bridgehead atoms. The van der Waals surface area contributed by atoms with Gasteiger partial charge in [0, 0.05) is 36.4 Å². The molecule has 2 aliphatic heterocycles. The number of hydrogen-bond acceptors (Lipinski definition) is 13. The molecule has 8 atom stereocenters. The van der Waals surface area contributed by atoms with Crippen LogP contribution in [-0.4, -0.2) is 85.4 Å². The molecule has 4 heterocycles. The first-order chi connectivity index (χ1) is 18.9. The van der Waals surface area contributed by atoms with E-state index in [9.17, 15) is 58.5 Å². The Kier molecular flexibility index (Phi) is 8.14. The molecule has 0 amide bonds. The van der Waals surface area contributed by atoms with Gasteiger partial charge in [0.25, 0.3) is 11.1 Å². The Hall–Kier alpha value is -2.54. The highest BCUT2D eigenvalue weighted by molar-refractivity contribution is 7.67. The van der Waals surface area contributed by atoms with E-state index in [1.54, 1.807) is 0 Å². The number of H-pyrrole nitrogens is 2. The molecule has 8 N–H and O–H groups in total. The molecule has 41 heavy (non-hydrogen) atoms. The minimum Gasteiger partial charge on any atom is -0.394 e. The Morgan fingerprint density at radius 3 is 1.49 bits per heavy atom. The number of rotatable bonds is 8. The van der Waals surface area contributed by atoms with Gasteiger partial charge in [0.15, 0.2) is 10.7 Å². The fourth-order valence-electron chi connectivity index (χ4n) is 4.66. The smallest absolute Gasteiger partial charge is 0.369 e. The summed E-state index contributed by atoms with van der Waals surface area (Å²) in [6, 6.07) is 0. The van der Waals surface area contributed by atoms with Crippen molar-refractivity contribution >= 4 is 15.2 Å². The zero-order valence-electron chi connectivity index (χ0n) is 21.4. The summed E-state index contributed by atoms with van der Waals surface area (Å²) in [5.74, 6) is 0. The maximum absolute atomic E-state index is 13.4. The molecule has 19 nitrogen and oxygen atoms in total. The molecule has 228 valence electrons. The van der Waals surface area contributed by atoms with E-state index in [1.165, 1.54) is 13.8 Å². The summed E-state index contributed by atoms with van der Waals surface area (Å²) in [6.45, 7) is 0.381. The highest BCUT2D eigenvalue weighted by Gasteiger charge is 2.67. The van der Waals surface area contributed by atoms with Crippen LogP contribution in [0.25, 0.3) is 0 Å². The maximum Gasteiger partial charge on any atom is 0.369 e. The largest absolute Gasteiger partial charge is 0.394 e. The van der Waals surface area contributed by atoms with Gasteiger partial charge in [-0.25, -0.2) is 13.9 Å². The Morgan fingerprint density at radius 2 is 1.17 bits per heavy atom. The van der Waals surface area contributed by atoms with E-state index in [0.717, 1.165) is 21.5 Å². The summed E-state index contributed by atoms with van der Waals surface area (Å²) in [6.07, 6.45) is -6.96. The van der Waals surface area contributed by atoms with Crippen molar-refractivity contribution in [3.63, 3.8) is 0 Å². The van der Waals surface area contributed by atoms with Crippen LogP contribution in [-0.2, 0) is 22.9 Å². The van der Waals surface area contributed by atoms with Gasteiger partial charge >= 0.3 is 26.6 Å². The van der Waals surface area contributed by atoms with Crippen LogP contribution in [0.4, 0.5) is 0 Å². The molecule has 0 aromatic carbocycles. The lowest BCUT2D eigenvalue weighted by Crippen LogP contribution is -2.43. The first kappa shape index (κ1) is 31.4. The van der Waals surface area contributed by atoms with E-state index < -0.39 is 99.1 Å². The standard InChI is InChI=1S/C20H28N4O15P2/c1-9-5-23(17(29)21-15(9)27)13-3-19(31,11(7-25)37-13)40(33,34)39-41(35,36)20(32)4-14(38-12(20)8-26)24-6-10(2)16(28)22-18(24)30/h5-6,11-14,25-26,31-32H,3-4,7-8H2,1-2H3,(H,33,34)(H,35,36)(H,21,27,29)(H,22,28,30)/t11-,12-,13-,14-,19+,20+/m1/s1. The van der Waals surface area contributed by atoms with Crippen LogP contribution >= 0.6 is 15.2 Å². The molecule has 2 saturated heterocycles. The van der Waals surface area contributed by atoms with Crippen molar-refractivity contribution in [2.75, 3.05) is 13.2 Å². The predicted molar refractivity (Wildman–Crippen MR) is 134 cm³/mol. The van der Waals surface area contributed by atoms with Crippen LogP contribution in [0.2, 0.25) is 0 Å². The molecule has 2 unspecified atom stereocenters. The molecule has 0 saturated carbocycles. The Labute approximate surface area is 228 Å². The van der Waals surface area contributed by atoms with Gasteiger partial charge in [-0.15, -0.1) is 0 Å². The summed E-state index contributed by atoms with van der Waals surface area (Å²) < 4.78 is 43.6. The quantitative estimate of drug-likeness (QED) is 0.136. The molecular weight excluding hydrogens is 598 g/mol. The van der Waals surface area contributed by atoms with Gasteiger partial charge in [-0.3, -0.25) is 37.8 Å². The van der Waals surface area contributed by atoms with Crippen molar-refractivity contribution in [1.29, 1.82) is 0 Å². The fraction of sp³-hybridized carbons (Fsp3) is 0.600. The summed E-state index contributed by atoms with van der Waals surface area (Å²) in [5, 5.41) is 35.6. The van der Waals surface area contributed by atoms with Gasteiger partial charge in [0.2, 0.25) is 0 Å². The monoisotopic (exact) mass is 626 g/mol. The number of ether oxygens (including phenoxy) is 2. The minimum atomic E-state index is -5.83. The highest BCUT2D eigenvalue weighted by atomic mass is 31.3. The van der Waals surface area contributed by atoms with Gasteiger partial charge in [-0.1, -0.05) is 0 Å². The Bertz CT molecular complexity index is 1560. The van der Waals surface area contributed by atoms with Gasteiger partial charge < -0.3 is 39.7 Å². The molecule has 2 aromatic rings. The second-order valence-corrected chi connectivity index (χ2v) is 14.1. The van der Waals surface area contributed by atoms with Crippen LogP contribution in [0.5, 0.6) is 0 Å². The summed E-state index contributed by atoms with van der Waals surface area (Å²) >= 11 is 0. The summed E-state index contributed by atoms with van der Waals surface area (Å²) in [4.78, 5) is 73.4. The van der Waals surface area contributed by atoms with Crippen LogP contribution in [0, 0.1) is 13.8 Å². The third-order valence-corrected chi connectivity index (χ3v) is 11.7. The van der Waals surface area contributed by atoms with E-state index in [4.69, 9.17) is 9.47 Å². The van der Waals surface area contributed by atoms with E-state index in [-0.39, 0.29) is 11.1 Å². The second-order valence-electron chi connectivity index (χ2n) is 9.77. The lowest BCUT2D eigenvalue weighted by molar-refractivity contribution is -0.0651. The van der Waals surface area contributed by atoms with E-state index >= 15 is 0 Å². The number of aliphatic hydroxyl groups is 4. The molecule has 2 aliphatic rings. The summed E-state index contributed by atoms with van der Waals surface area (Å²) in [7, 11) is -11.7.